The molecule has 4 nitrogen and oxygen atoms in total. The lowest BCUT2D eigenvalue weighted by molar-refractivity contribution is -0.124. The highest BCUT2D eigenvalue weighted by molar-refractivity contribution is 6.08. The van der Waals surface area contributed by atoms with Crippen molar-refractivity contribution in [3.63, 3.8) is 0 Å². The molecule has 20 heavy (non-hydrogen) atoms. The van der Waals surface area contributed by atoms with Crippen LogP contribution in [0, 0.1) is 6.92 Å². The highest BCUT2D eigenvalue weighted by atomic mass is 16.2. The number of carbonyl (C=O) groups is 1. The van der Waals surface area contributed by atoms with Crippen molar-refractivity contribution in [2.24, 2.45) is 4.99 Å². The number of aliphatic imine (C=N–C) groups is 1. The van der Waals surface area contributed by atoms with Gasteiger partial charge in [0.15, 0.2) is 11.5 Å². The first kappa shape index (κ1) is 13.2. The average molecular weight is 271 g/mol. The maximum absolute atomic E-state index is 12.5. The molecule has 0 bridgehead atoms. The van der Waals surface area contributed by atoms with Crippen molar-refractivity contribution in [3.8, 4) is 0 Å². The van der Waals surface area contributed by atoms with Crippen molar-refractivity contribution >= 4 is 11.9 Å². The van der Waals surface area contributed by atoms with Crippen LogP contribution in [0.3, 0.4) is 0 Å². The average Bonchev–Trinajstić information content (AvgIpc) is 2.81. The molecule has 106 valence electrons. The normalized spacial score (nSPS) is 24.6. The predicted molar refractivity (Wildman–Crippen MR) is 79.6 cm³/mol. The number of nitrogens with one attached hydrogen (secondary N) is 2. The molecule has 0 saturated carbocycles. The molecule has 0 radical (unpaired) electrons. The van der Waals surface area contributed by atoms with E-state index in [-0.39, 0.29) is 11.4 Å². The highest BCUT2D eigenvalue weighted by Crippen LogP contribution is 2.42. The molecule has 1 aromatic rings. The minimum Gasteiger partial charge on any atom is -0.351 e. The van der Waals surface area contributed by atoms with Crippen LogP contribution in [0.2, 0.25) is 0 Å². The number of guanidine groups is 1. The van der Waals surface area contributed by atoms with E-state index in [0.717, 1.165) is 18.4 Å². The van der Waals surface area contributed by atoms with Crippen LogP contribution in [0.15, 0.2) is 23.2 Å². The number of nitrogens with zero attached hydrogens (tertiary/aromatic N) is 1. The molecule has 4 heteroatoms. The summed E-state index contributed by atoms with van der Waals surface area (Å²) in [5.41, 5.74) is 2.65. The number of rotatable bonds is 0. The Balaban J connectivity index is 2.03. The maximum atomic E-state index is 12.5. The third-order valence-corrected chi connectivity index (χ3v) is 3.87. The molecule has 1 unspecified atom stereocenters. The first-order valence-corrected chi connectivity index (χ1v) is 7.10. The van der Waals surface area contributed by atoms with Gasteiger partial charge in [0.25, 0.3) is 5.91 Å². The third-order valence-electron chi connectivity index (χ3n) is 3.87. The molecule has 2 aliphatic rings. The Morgan fingerprint density at radius 1 is 1.35 bits per heavy atom. The van der Waals surface area contributed by atoms with Crippen LogP contribution in [0.4, 0.5) is 0 Å². The van der Waals surface area contributed by atoms with E-state index in [0.29, 0.717) is 5.96 Å². The van der Waals surface area contributed by atoms with Crippen LogP contribution in [0.5, 0.6) is 0 Å². The number of aryl methyl sites for hydroxylation is 2. The van der Waals surface area contributed by atoms with Gasteiger partial charge in [-0.3, -0.25) is 10.1 Å². The quantitative estimate of drug-likeness (QED) is 0.758. The first-order chi connectivity index (χ1) is 9.30. The van der Waals surface area contributed by atoms with Gasteiger partial charge in [0.2, 0.25) is 0 Å². The van der Waals surface area contributed by atoms with Crippen LogP contribution in [0.25, 0.3) is 0 Å². The van der Waals surface area contributed by atoms with Gasteiger partial charge in [-0.15, -0.1) is 0 Å². The minimum atomic E-state index is -0.713. The van der Waals surface area contributed by atoms with Crippen LogP contribution in [0.1, 0.15) is 43.9 Å². The molecule has 0 saturated heterocycles. The zero-order valence-electron chi connectivity index (χ0n) is 12.5. The minimum absolute atomic E-state index is 0.00593. The lowest BCUT2D eigenvalue weighted by Crippen LogP contribution is -2.47. The second-order valence-electron chi connectivity index (χ2n) is 6.81. The van der Waals surface area contributed by atoms with Gasteiger partial charge in [-0.05, 0) is 51.7 Å². The second kappa shape index (κ2) is 4.08. The van der Waals surface area contributed by atoms with Gasteiger partial charge >= 0.3 is 0 Å². The summed E-state index contributed by atoms with van der Waals surface area (Å²) in [7, 11) is 0. The van der Waals surface area contributed by atoms with Gasteiger partial charge in [-0.2, -0.15) is 0 Å². The van der Waals surface area contributed by atoms with E-state index >= 15 is 0 Å². The number of carbonyl (C=O) groups excluding carboxylic acids is 1. The van der Waals surface area contributed by atoms with Crippen molar-refractivity contribution in [2.45, 2.75) is 51.6 Å². The summed E-state index contributed by atoms with van der Waals surface area (Å²) in [6, 6.07) is 6.32. The molecular formula is C16H21N3O. The smallest absolute Gasteiger partial charge is 0.259 e. The van der Waals surface area contributed by atoms with Crippen LogP contribution in [-0.2, 0) is 16.8 Å². The Bertz CT molecular complexity index is 613. The van der Waals surface area contributed by atoms with E-state index < -0.39 is 5.54 Å². The van der Waals surface area contributed by atoms with Crippen molar-refractivity contribution in [1.29, 1.82) is 0 Å². The molecule has 1 aliphatic heterocycles. The van der Waals surface area contributed by atoms with Crippen molar-refractivity contribution in [1.82, 2.24) is 10.6 Å². The van der Waals surface area contributed by atoms with Crippen molar-refractivity contribution in [3.05, 3.63) is 34.9 Å². The summed E-state index contributed by atoms with van der Waals surface area (Å²) in [6.07, 6.45) is 1.67. The standard InChI is InChI=1S/C16H21N3O/c1-10-5-6-11-7-8-16(12(11)9-10)13(20)17-14(19-16)18-15(2,3)4/h5-6,9H,7-8H2,1-4H3,(H2,17,18,19,20). The van der Waals surface area contributed by atoms with Gasteiger partial charge < -0.3 is 5.32 Å². The molecular weight excluding hydrogens is 250 g/mol. The Morgan fingerprint density at radius 3 is 2.80 bits per heavy atom. The van der Waals surface area contributed by atoms with Crippen molar-refractivity contribution < 1.29 is 4.79 Å². The molecule has 0 fully saturated rings. The van der Waals surface area contributed by atoms with E-state index in [9.17, 15) is 4.79 Å². The van der Waals surface area contributed by atoms with E-state index in [4.69, 9.17) is 4.99 Å². The first-order valence-electron chi connectivity index (χ1n) is 7.10. The SMILES string of the molecule is Cc1ccc2c(c1)C1(CC2)N=C(NC(C)(C)C)NC1=O. The monoisotopic (exact) mass is 271 g/mol. The lowest BCUT2D eigenvalue weighted by atomic mass is 9.91. The number of hydrogen-bond acceptors (Lipinski definition) is 3. The van der Waals surface area contributed by atoms with Crippen molar-refractivity contribution in [2.75, 3.05) is 0 Å². The molecule has 1 atom stereocenters. The summed E-state index contributed by atoms with van der Waals surface area (Å²) < 4.78 is 0. The number of benzene rings is 1. The molecule has 1 amide bonds. The summed E-state index contributed by atoms with van der Waals surface area (Å²) in [4.78, 5) is 17.2. The summed E-state index contributed by atoms with van der Waals surface area (Å²) in [5, 5.41) is 6.17. The topological polar surface area (TPSA) is 53.5 Å². The largest absolute Gasteiger partial charge is 0.351 e. The Hall–Kier alpha value is -1.84. The highest BCUT2D eigenvalue weighted by Gasteiger charge is 2.49. The van der Waals surface area contributed by atoms with E-state index in [2.05, 4.69) is 56.5 Å². The van der Waals surface area contributed by atoms with Gasteiger partial charge in [-0.25, -0.2) is 4.99 Å². The van der Waals surface area contributed by atoms with Gasteiger partial charge in [0, 0.05) is 5.54 Å². The molecule has 3 rings (SSSR count). The molecule has 1 spiro atoms. The van der Waals surface area contributed by atoms with Gasteiger partial charge in [0.05, 0.1) is 0 Å². The number of hydrogen-bond donors (Lipinski definition) is 2. The fourth-order valence-electron chi connectivity index (χ4n) is 2.99. The van der Waals surface area contributed by atoms with Gasteiger partial charge in [-0.1, -0.05) is 23.8 Å². The summed E-state index contributed by atoms with van der Waals surface area (Å²) in [5.74, 6) is 0.588. The summed E-state index contributed by atoms with van der Waals surface area (Å²) >= 11 is 0. The van der Waals surface area contributed by atoms with E-state index in [1.54, 1.807) is 0 Å². The Labute approximate surface area is 119 Å². The predicted octanol–water partition coefficient (Wildman–Crippen LogP) is 2.01. The lowest BCUT2D eigenvalue weighted by Gasteiger charge is -2.21. The number of fused-ring (bicyclic) bond motifs is 2. The molecule has 1 aromatic carbocycles. The zero-order chi connectivity index (χ0) is 14.5. The van der Waals surface area contributed by atoms with E-state index in [1.165, 1.54) is 11.1 Å². The van der Waals surface area contributed by atoms with Gasteiger partial charge in [0.1, 0.15) is 0 Å². The maximum Gasteiger partial charge on any atom is 0.259 e. The molecule has 1 aliphatic carbocycles. The van der Waals surface area contributed by atoms with Crippen LogP contribution in [-0.4, -0.2) is 17.4 Å². The molecule has 1 heterocycles. The summed E-state index contributed by atoms with van der Waals surface area (Å²) in [6.45, 7) is 8.22. The van der Waals surface area contributed by atoms with Crippen LogP contribution < -0.4 is 10.6 Å². The molecule has 2 N–H and O–H groups in total. The zero-order valence-corrected chi connectivity index (χ0v) is 12.5. The van der Waals surface area contributed by atoms with E-state index in [1.807, 2.05) is 0 Å². The number of amides is 1. The van der Waals surface area contributed by atoms with Crippen LogP contribution >= 0.6 is 0 Å². The molecule has 0 aromatic heterocycles. The Kier molecular flexibility index (Phi) is 2.68. The fourth-order valence-corrected chi connectivity index (χ4v) is 2.99. The fraction of sp³-hybridized carbons (Fsp3) is 0.500. The third kappa shape index (κ3) is 1.99. The second-order valence-corrected chi connectivity index (χ2v) is 6.81. The Morgan fingerprint density at radius 2 is 2.10 bits per heavy atom.